The van der Waals surface area contributed by atoms with Gasteiger partial charge in [-0.25, -0.2) is 0 Å². The first-order chi connectivity index (χ1) is 11.1. The molecular weight excluding hydrogens is 328 g/mol. The highest BCUT2D eigenvalue weighted by Crippen LogP contribution is 2.23. The lowest BCUT2D eigenvalue weighted by molar-refractivity contribution is -0.0187. The van der Waals surface area contributed by atoms with Crippen LogP contribution in [0.25, 0.3) is 0 Å². The van der Waals surface area contributed by atoms with E-state index in [1.165, 1.54) is 26.0 Å². The van der Waals surface area contributed by atoms with Crippen LogP contribution in [0.2, 0.25) is 0 Å². The molecule has 0 amide bonds. The molecule has 0 saturated heterocycles. The molecule has 1 atom stereocenters. The Balaban J connectivity index is 2.36. The Labute approximate surface area is 142 Å². The molecule has 0 saturated carbocycles. The number of Topliss-reactive ketones (excluding diaryl/α,β-unsaturated/α-hetero) is 1. The molecule has 0 aliphatic carbocycles. The molecule has 0 heterocycles. The first-order valence-corrected chi connectivity index (χ1v) is 8.84. The lowest BCUT2D eigenvalue weighted by Gasteiger charge is -2.27. The molecular formula is C18H20O5S. The third-order valence-electron chi connectivity index (χ3n) is 3.47. The van der Waals surface area contributed by atoms with Crippen molar-refractivity contribution in [2.45, 2.75) is 37.4 Å². The smallest absolute Gasteiger partial charge is 0.297 e. The van der Waals surface area contributed by atoms with E-state index in [2.05, 4.69) is 0 Å². The zero-order chi connectivity index (χ0) is 18.0. The van der Waals surface area contributed by atoms with Crippen molar-refractivity contribution >= 4 is 15.9 Å². The Morgan fingerprint density at radius 1 is 1.04 bits per heavy atom. The standard InChI is InChI=1S/C18H20O5S/c1-13-9-11-15(12-10-13)24(21,22)23-17(18(2,3)20)16(19)14-7-5-4-6-8-14/h4-12,17,20H,1-3H3/t17-/m0/s1. The van der Waals surface area contributed by atoms with E-state index in [0.29, 0.717) is 0 Å². The number of benzene rings is 2. The van der Waals surface area contributed by atoms with Crippen molar-refractivity contribution in [1.29, 1.82) is 0 Å². The van der Waals surface area contributed by atoms with E-state index in [4.69, 9.17) is 4.18 Å². The summed E-state index contributed by atoms with van der Waals surface area (Å²) >= 11 is 0. The van der Waals surface area contributed by atoms with Crippen LogP contribution in [-0.2, 0) is 14.3 Å². The van der Waals surface area contributed by atoms with Gasteiger partial charge in [0, 0.05) is 5.56 Å². The molecule has 0 spiro atoms. The lowest BCUT2D eigenvalue weighted by atomic mass is 9.94. The van der Waals surface area contributed by atoms with Gasteiger partial charge in [-0.3, -0.25) is 8.98 Å². The molecule has 128 valence electrons. The van der Waals surface area contributed by atoms with Crippen molar-refractivity contribution in [3.05, 3.63) is 65.7 Å². The van der Waals surface area contributed by atoms with Crippen LogP contribution < -0.4 is 0 Å². The predicted molar refractivity (Wildman–Crippen MR) is 90.3 cm³/mol. The monoisotopic (exact) mass is 348 g/mol. The van der Waals surface area contributed by atoms with Crippen molar-refractivity contribution in [1.82, 2.24) is 0 Å². The van der Waals surface area contributed by atoms with Gasteiger partial charge >= 0.3 is 0 Å². The largest absolute Gasteiger partial charge is 0.387 e. The Morgan fingerprint density at radius 2 is 1.58 bits per heavy atom. The van der Waals surface area contributed by atoms with Gasteiger partial charge in [-0.05, 0) is 32.9 Å². The van der Waals surface area contributed by atoms with Crippen molar-refractivity contribution < 1.29 is 22.5 Å². The molecule has 2 aromatic carbocycles. The zero-order valence-corrected chi connectivity index (χ0v) is 14.6. The average molecular weight is 348 g/mol. The Kier molecular flexibility index (Phi) is 5.22. The molecule has 0 unspecified atom stereocenters. The van der Waals surface area contributed by atoms with Gasteiger partial charge in [-0.15, -0.1) is 0 Å². The average Bonchev–Trinajstić information content (AvgIpc) is 2.52. The maximum absolute atomic E-state index is 12.6. The van der Waals surface area contributed by atoms with Gasteiger partial charge in [0.25, 0.3) is 10.1 Å². The summed E-state index contributed by atoms with van der Waals surface area (Å²) in [6, 6.07) is 14.2. The summed E-state index contributed by atoms with van der Waals surface area (Å²) in [6.45, 7) is 4.50. The summed E-state index contributed by atoms with van der Waals surface area (Å²) in [5.41, 5.74) is -0.512. The van der Waals surface area contributed by atoms with Crippen LogP contribution in [0.1, 0.15) is 29.8 Å². The van der Waals surface area contributed by atoms with E-state index < -0.39 is 27.6 Å². The minimum absolute atomic E-state index is 0.0665. The quantitative estimate of drug-likeness (QED) is 0.641. The number of carbonyl (C=O) groups is 1. The van der Waals surface area contributed by atoms with Crippen LogP contribution in [0.5, 0.6) is 0 Å². The van der Waals surface area contributed by atoms with Gasteiger partial charge in [0.1, 0.15) is 0 Å². The van der Waals surface area contributed by atoms with Crippen LogP contribution in [0.4, 0.5) is 0 Å². The van der Waals surface area contributed by atoms with E-state index in [1.54, 1.807) is 42.5 Å². The third-order valence-corrected chi connectivity index (χ3v) is 4.77. The topological polar surface area (TPSA) is 80.7 Å². The minimum atomic E-state index is -4.19. The highest BCUT2D eigenvalue weighted by Gasteiger charge is 2.39. The molecule has 2 aromatic rings. The predicted octanol–water partition coefficient (Wildman–Crippen LogP) is 2.72. The van der Waals surface area contributed by atoms with E-state index in [-0.39, 0.29) is 10.5 Å². The summed E-state index contributed by atoms with van der Waals surface area (Å²) < 4.78 is 30.0. The fourth-order valence-electron chi connectivity index (χ4n) is 2.12. The van der Waals surface area contributed by atoms with Crippen molar-refractivity contribution in [3.8, 4) is 0 Å². The number of hydrogen-bond donors (Lipinski definition) is 1. The van der Waals surface area contributed by atoms with Crippen LogP contribution in [0, 0.1) is 6.92 Å². The van der Waals surface area contributed by atoms with Crippen LogP contribution in [0.15, 0.2) is 59.5 Å². The first kappa shape index (κ1) is 18.3. The van der Waals surface area contributed by atoms with Crippen LogP contribution >= 0.6 is 0 Å². The molecule has 24 heavy (non-hydrogen) atoms. The highest BCUT2D eigenvalue weighted by atomic mass is 32.2. The molecule has 0 fully saturated rings. The summed E-state index contributed by atoms with van der Waals surface area (Å²) in [4.78, 5) is 12.5. The molecule has 5 nitrogen and oxygen atoms in total. The second kappa shape index (κ2) is 6.84. The summed E-state index contributed by atoms with van der Waals surface area (Å²) in [6.07, 6.45) is -1.55. The SMILES string of the molecule is Cc1ccc(S(=O)(=O)O[C@@H](C(=O)c2ccccc2)C(C)(C)O)cc1. The van der Waals surface area contributed by atoms with Gasteiger partial charge < -0.3 is 5.11 Å². The number of aliphatic hydroxyl groups is 1. The second-order valence-electron chi connectivity index (χ2n) is 6.13. The molecule has 2 rings (SSSR count). The summed E-state index contributed by atoms with van der Waals surface area (Å²) in [7, 11) is -4.19. The Morgan fingerprint density at radius 3 is 2.08 bits per heavy atom. The third kappa shape index (κ3) is 4.29. The Hall–Kier alpha value is -2.02. The number of hydrogen-bond acceptors (Lipinski definition) is 5. The minimum Gasteiger partial charge on any atom is -0.387 e. The maximum Gasteiger partial charge on any atom is 0.297 e. The molecule has 0 aromatic heterocycles. The molecule has 6 heteroatoms. The van der Waals surface area contributed by atoms with Gasteiger partial charge in [-0.2, -0.15) is 8.42 Å². The van der Waals surface area contributed by atoms with E-state index in [0.717, 1.165) is 5.56 Å². The van der Waals surface area contributed by atoms with Crippen molar-refractivity contribution in [2.24, 2.45) is 0 Å². The van der Waals surface area contributed by atoms with Gasteiger partial charge in [0.05, 0.1) is 10.5 Å². The lowest BCUT2D eigenvalue weighted by Crippen LogP contribution is -2.45. The first-order valence-electron chi connectivity index (χ1n) is 7.43. The molecule has 0 radical (unpaired) electrons. The second-order valence-corrected chi connectivity index (χ2v) is 7.70. The molecule has 1 N–H and O–H groups in total. The fourth-order valence-corrected chi connectivity index (χ4v) is 3.28. The number of rotatable bonds is 6. The van der Waals surface area contributed by atoms with Crippen LogP contribution in [-0.4, -0.2) is 31.0 Å². The molecule has 0 bridgehead atoms. The maximum atomic E-state index is 12.6. The van der Waals surface area contributed by atoms with Gasteiger partial charge in [0.2, 0.25) is 0 Å². The zero-order valence-electron chi connectivity index (χ0n) is 13.8. The normalized spacial score (nSPS) is 13.5. The van der Waals surface area contributed by atoms with Gasteiger partial charge in [0.15, 0.2) is 11.9 Å². The fraction of sp³-hybridized carbons (Fsp3) is 0.278. The highest BCUT2D eigenvalue weighted by molar-refractivity contribution is 7.86. The Bertz CT molecular complexity index is 803. The van der Waals surface area contributed by atoms with Crippen molar-refractivity contribution in [3.63, 3.8) is 0 Å². The number of ketones is 1. The van der Waals surface area contributed by atoms with E-state index >= 15 is 0 Å². The van der Waals surface area contributed by atoms with Crippen LogP contribution in [0.3, 0.4) is 0 Å². The number of aryl methyl sites for hydroxylation is 1. The van der Waals surface area contributed by atoms with E-state index in [9.17, 15) is 18.3 Å². The number of carbonyl (C=O) groups excluding carboxylic acids is 1. The summed E-state index contributed by atoms with van der Waals surface area (Å²) in [5.74, 6) is -0.598. The van der Waals surface area contributed by atoms with Gasteiger partial charge in [-0.1, -0.05) is 48.0 Å². The summed E-state index contributed by atoms with van der Waals surface area (Å²) in [5, 5.41) is 10.3. The van der Waals surface area contributed by atoms with E-state index in [1.807, 2.05) is 6.92 Å². The molecule has 0 aliphatic heterocycles. The van der Waals surface area contributed by atoms with Crippen molar-refractivity contribution in [2.75, 3.05) is 0 Å². The molecule has 0 aliphatic rings.